The molecule has 0 spiro atoms. The van der Waals surface area contributed by atoms with Crippen molar-refractivity contribution < 1.29 is 14.3 Å². The fourth-order valence-corrected chi connectivity index (χ4v) is 2.57. The second kappa shape index (κ2) is 6.97. The highest BCUT2D eigenvalue weighted by Crippen LogP contribution is 2.36. The number of amides is 1. The predicted octanol–water partition coefficient (Wildman–Crippen LogP) is 3.66. The maximum absolute atomic E-state index is 12.1. The fourth-order valence-electron chi connectivity index (χ4n) is 2.14. The van der Waals surface area contributed by atoms with Gasteiger partial charge in [-0.05, 0) is 25.0 Å². The highest BCUT2D eigenvalue weighted by atomic mass is 79.9. The predicted molar refractivity (Wildman–Crippen MR) is 83.0 cm³/mol. The molecule has 0 saturated heterocycles. The minimum absolute atomic E-state index is 0.0190. The lowest BCUT2D eigenvalue weighted by Gasteiger charge is -2.21. The minimum Gasteiger partial charge on any atom is -0.486 e. The van der Waals surface area contributed by atoms with Gasteiger partial charge in [0.15, 0.2) is 11.5 Å². The standard InChI is InChI=1S/C15H20BrNO3/c1-3-4-5-12(16)15(18)17-11-8-10(2)14-13(9-11)19-6-7-20-14/h8-9,12H,3-7H2,1-2H3,(H,17,18). The molecule has 2 rings (SSSR count). The van der Waals surface area contributed by atoms with Crippen LogP contribution in [0.1, 0.15) is 31.7 Å². The van der Waals surface area contributed by atoms with Crippen LogP contribution in [-0.2, 0) is 4.79 Å². The summed E-state index contributed by atoms with van der Waals surface area (Å²) in [6, 6.07) is 3.73. The maximum atomic E-state index is 12.1. The Bertz CT molecular complexity index is 490. The van der Waals surface area contributed by atoms with E-state index in [1.807, 2.05) is 19.1 Å². The first-order valence-electron chi connectivity index (χ1n) is 6.97. The van der Waals surface area contributed by atoms with Crippen LogP contribution in [0.25, 0.3) is 0 Å². The number of alkyl halides is 1. The number of fused-ring (bicyclic) bond motifs is 1. The zero-order valence-electron chi connectivity index (χ0n) is 11.9. The van der Waals surface area contributed by atoms with E-state index < -0.39 is 0 Å². The normalized spacial score (nSPS) is 14.8. The summed E-state index contributed by atoms with van der Waals surface area (Å²) in [4.78, 5) is 11.9. The third-order valence-electron chi connectivity index (χ3n) is 3.19. The average Bonchev–Trinajstić information content (AvgIpc) is 2.44. The molecule has 20 heavy (non-hydrogen) atoms. The van der Waals surface area contributed by atoms with Gasteiger partial charge in [0.1, 0.15) is 13.2 Å². The molecule has 0 aromatic heterocycles. The van der Waals surface area contributed by atoms with E-state index in [0.717, 1.165) is 36.3 Å². The van der Waals surface area contributed by atoms with Gasteiger partial charge < -0.3 is 14.8 Å². The van der Waals surface area contributed by atoms with Crippen molar-refractivity contribution in [1.29, 1.82) is 0 Å². The van der Waals surface area contributed by atoms with Crippen molar-refractivity contribution in [3.05, 3.63) is 17.7 Å². The van der Waals surface area contributed by atoms with Gasteiger partial charge in [-0.2, -0.15) is 0 Å². The Hall–Kier alpha value is -1.23. The molecule has 1 aromatic rings. The van der Waals surface area contributed by atoms with Gasteiger partial charge in [0.2, 0.25) is 5.91 Å². The molecule has 1 amide bonds. The van der Waals surface area contributed by atoms with Crippen LogP contribution >= 0.6 is 15.9 Å². The Morgan fingerprint density at radius 1 is 1.40 bits per heavy atom. The number of carbonyl (C=O) groups excluding carboxylic acids is 1. The topological polar surface area (TPSA) is 47.6 Å². The van der Waals surface area contributed by atoms with Crippen molar-refractivity contribution >= 4 is 27.5 Å². The minimum atomic E-state index is -0.157. The fraction of sp³-hybridized carbons (Fsp3) is 0.533. The molecule has 110 valence electrons. The van der Waals surface area contributed by atoms with Crippen molar-refractivity contribution in [2.24, 2.45) is 0 Å². The lowest BCUT2D eigenvalue weighted by Crippen LogP contribution is -2.23. The number of carbonyl (C=O) groups is 1. The molecule has 0 bridgehead atoms. The number of rotatable bonds is 5. The number of anilines is 1. The Morgan fingerprint density at radius 3 is 2.90 bits per heavy atom. The summed E-state index contributed by atoms with van der Waals surface area (Å²) in [5.41, 5.74) is 1.72. The largest absolute Gasteiger partial charge is 0.486 e. The van der Waals surface area contributed by atoms with Crippen molar-refractivity contribution in [2.45, 2.75) is 37.9 Å². The van der Waals surface area contributed by atoms with Gasteiger partial charge in [-0.3, -0.25) is 4.79 Å². The molecule has 1 heterocycles. The van der Waals surface area contributed by atoms with Crippen LogP contribution in [0.5, 0.6) is 11.5 Å². The number of ether oxygens (including phenoxy) is 2. The summed E-state index contributed by atoms with van der Waals surface area (Å²) in [5.74, 6) is 1.45. The van der Waals surface area contributed by atoms with Crippen molar-refractivity contribution in [3.8, 4) is 11.5 Å². The van der Waals surface area contributed by atoms with Crippen LogP contribution in [0.15, 0.2) is 12.1 Å². The van der Waals surface area contributed by atoms with E-state index >= 15 is 0 Å². The third kappa shape index (κ3) is 3.66. The van der Waals surface area contributed by atoms with Crippen LogP contribution in [0.2, 0.25) is 0 Å². The van der Waals surface area contributed by atoms with Crippen LogP contribution < -0.4 is 14.8 Å². The molecule has 1 aliphatic rings. The summed E-state index contributed by atoms with van der Waals surface area (Å²) >= 11 is 3.43. The Morgan fingerprint density at radius 2 is 2.15 bits per heavy atom. The van der Waals surface area contributed by atoms with Gasteiger partial charge >= 0.3 is 0 Å². The monoisotopic (exact) mass is 341 g/mol. The van der Waals surface area contributed by atoms with E-state index in [2.05, 4.69) is 28.2 Å². The number of halogens is 1. The molecule has 1 unspecified atom stereocenters. The molecule has 5 heteroatoms. The van der Waals surface area contributed by atoms with E-state index in [0.29, 0.717) is 19.0 Å². The van der Waals surface area contributed by atoms with Gasteiger partial charge in [0, 0.05) is 11.8 Å². The summed E-state index contributed by atoms with van der Waals surface area (Å²) < 4.78 is 11.1. The van der Waals surface area contributed by atoms with Gasteiger partial charge in [0.05, 0.1) is 4.83 Å². The summed E-state index contributed by atoms with van der Waals surface area (Å²) in [5, 5.41) is 2.92. The molecule has 0 fully saturated rings. The molecule has 1 aliphatic heterocycles. The first kappa shape index (κ1) is 15.2. The van der Waals surface area contributed by atoms with Crippen molar-refractivity contribution in [2.75, 3.05) is 18.5 Å². The van der Waals surface area contributed by atoms with Crippen molar-refractivity contribution in [1.82, 2.24) is 0 Å². The maximum Gasteiger partial charge on any atom is 0.238 e. The molecule has 0 saturated carbocycles. The Kier molecular flexibility index (Phi) is 5.29. The SMILES string of the molecule is CCCCC(Br)C(=O)Nc1cc(C)c2c(c1)OCCO2. The molecule has 4 nitrogen and oxygen atoms in total. The zero-order valence-corrected chi connectivity index (χ0v) is 13.5. The number of hydrogen-bond donors (Lipinski definition) is 1. The lowest BCUT2D eigenvalue weighted by molar-refractivity contribution is -0.115. The summed E-state index contributed by atoms with van der Waals surface area (Å²) in [6.45, 7) is 5.18. The van der Waals surface area contributed by atoms with Crippen LogP contribution in [0, 0.1) is 6.92 Å². The van der Waals surface area contributed by atoms with Gasteiger partial charge in [0.25, 0.3) is 0 Å². The van der Waals surface area contributed by atoms with Gasteiger partial charge in [-0.15, -0.1) is 0 Å². The Balaban J connectivity index is 2.06. The second-order valence-corrected chi connectivity index (χ2v) is 6.02. The van der Waals surface area contributed by atoms with E-state index in [4.69, 9.17) is 9.47 Å². The molecule has 0 radical (unpaired) electrons. The average molecular weight is 342 g/mol. The van der Waals surface area contributed by atoms with E-state index in [-0.39, 0.29) is 10.7 Å². The molecule has 1 N–H and O–H groups in total. The number of hydrogen-bond acceptors (Lipinski definition) is 3. The van der Waals surface area contributed by atoms with E-state index in [9.17, 15) is 4.79 Å². The lowest BCUT2D eigenvalue weighted by atomic mass is 10.1. The molecular weight excluding hydrogens is 322 g/mol. The van der Waals surface area contributed by atoms with Gasteiger partial charge in [-0.25, -0.2) is 0 Å². The Labute approximate surface area is 128 Å². The molecular formula is C15H20BrNO3. The smallest absolute Gasteiger partial charge is 0.238 e. The zero-order chi connectivity index (χ0) is 14.5. The third-order valence-corrected chi connectivity index (χ3v) is 4.06. The second-order valence-electron chi connectivity index (χ2n) is 4.92. The summed E-state index contributed by atoms with van der Waals surface area (Å²) in [7, 11) is 0. The number of nitrogens with one attached hydrogen (secondary N) is 1. The molecule has 1 atom stereocenters. The number of aryl methyl sites for hydroxylation is 1. The summed E-state index contributed by atoms with van der Waals surface area (Å²) in [6.07, 6.45) is 2.95. The molecule has 1 aromatic carbocycles. The number of unbranched alkanes of at least 4 members (excludes halogenated alkanes) is 1. The van der Waals surface area contributed by atoms with Crippen LogP contribution in [-0.4, -0.2) is 23.9 Å². The van der Waals surface area contributed by atoms with Gasteiger partial charge in [-0.1, -0.05) is 35.7 Å². The molecule has 0 aliphatic carbocycles. The number of benzene rings is 1. The van der Waals surface area contributed by atoms with Crippen LogP contribution in [0.4, 0.5) is 5.69 Å². The quantitative estimate of drug-likeness (QED) is 0.831. The first-order chi connectivity index (χ1) is 9.61. The van der Waals surface area contributed by atoms with Crippen LogP contribution in [0.3, 0.4) is 0 Å². The highest BCUT2D eigenvalue weighted by molar-refractivity contribution is 9.10. The van der Waals surface area contributed by atoms with Crippen molar-refractivity contribution in [3.63, 3.8) is 0 Å². The van der Waals surface area contributed by atoms with E-state index in [1.165, 1.54) is 0 Å². The highest BCUT2D eigenvalue weighted by Gasteiger charge is 2.18. The first-order valence-corrected chi connectivity index (χ1v) is 7.88. The van der Waals surface area contributed by atoms with E-state index in [1.54, 1.807) is 0 Å².